The zero-order chi connectivity index (χ0) is 28.4. The molecule has 3 aliphatic rings. The van der Waals surface area contributed by atoms with Gasteiger partial charge in [-0.1, -0.05) is 12.1 Å². The van der Waals surface area contributed by atoms with Crippen molar-refractivity contribution < 1.29 is 54.1 Å². The average molecular weight is 544 g/mol. The van der Waals surface area contributed by atoms with E-state index in [0.29, 0.717) is 0 Å². The molecular weight excluding hydrogens is 514 g/mol. The van der Waals surface area contributed by atoms with Crippen LogP contribution < -0.4 is 10.5 Å². The quantitative estimate of drug-likeness (QED) is 0.235. The van der Waals surface area contributed by atoms with E-state index < -0.39 is 95.7 Å². The molecule has 12 heteroatoms. The van der Waals surface area contributed by atoms with E-state index in [1.165, 1.54) is 25.3 Å². The lowest BCUT2D eigenvalue weighted by molar-refractivity contribution is -0.247. The number of hydrogen-bond acceptors (Lipinski definition) is 12. The molecule has 2 aromatic carbocycles. The number of ketones is 3. The highest BCUT2D eigenvalue weighted by atomic mass is 16.7. The Balaban J connectivity index is 1.69. The van der Waals surface area contributed by atoms with Gasteiger partial charge in [-0.2, -0.15) is 0 Å². The minimum Gasteiger partial charge on any atom is -0.507 e. The third kappa shape index (κ3) is 4.11. The topological polar surface area (TPSA) is 206 Å². The lowest BCUT2D eigenvalue weighted by Crippen LogP contribution is -2.53. The van der Waals surface area contributed by atoms with Crippen LogP contribution in [0.25, 0.3) is 0 Å². The molecular formula is C27H29NO11. The monoisotopic (exact) mass is 543 g/mol. The number of methoxy groups -OCH3 is 1. The number of aliphatic hydroxyl groups excluding tert-OH is 2. The number of hydrogen-bond donors (Lipinski definition) is 6. The SMILES string of the molecule is COc1cccc2c1C(=O)c1c(O)c3c(c(O)c1C2=O)C[C@@](O)(C(=O)CO)C[C@@H]3O[C@H]1C[C@@H](N)[C@@H](O)[C@H](C)O1. The Morgan fingerprint density at radius 1 is 1.15 bits per heavy atom. The van der Waals surface area contributed by atoms with Gasteiger partial charge in [0.25, 0.3) is 0 Å². The molecule has 1 saturated heterocycles. The number of aliphatic hydroxyl groups is 3. The van der Waals surface area contributed by atoms with Crippen LogP contribution >= 0.6 is 0 Å². The molecule has 0 unspecified atom stereocenters. The molecule has 208 valence electrons. The van der Waals surface area contributed by atoms with E-state index in [4.69, 9.17) is 19.9 Å². The molecule has 6 atom stereocenters. The third-order valence-corrected chi connectivity index (χ3v) is 7.81. The number of Topliss-reactive ketones (excluding diaryl/α,β-unsaturated/α-hetero) is 1. The van der Waals surface area contributed by atoms with Crippen molar-refractivity contribution in [1.29, 1.82) is 0 Å². The van der Waals surface area contributed by atoms with Gasteiger partial charge in [0, 0.05) is 42.0 Å². The predicted molar refractivity (Wildman–Crippen MR) is 132 cm³/mol. The Kier molecular flexibility index (Phi) is 6.74. The summed E-state index contributed by atoms with van der Waals surface area (Å²) in [4.78, 5) is 39.7. The molecule has 39 heavy (non-hydrogen) atoms. The standard InChI is InChI=1S/C27H29NO11/c1-10-22(31)13(28)6-17(38-10)39-15-8-27(36,16(30)9-29)7-12-19(15)26(35)21-20(24(12)33)23(32)11-4-3-5-14(37-2)18(11)25(21)34/h3-5,10,13,15,17,22,29,31,33,35-36H,6-9,28H2,1-2H3/t10-,13+,15-,17-,22-,27-/m0/s1. The Hall–Kier alpha value is -3.39. The number of nitrogens with two attached hydrogens (primary N) is 1. The number of phenolic OH excluding ortho intramolecular Hbond substituents is 2. The van der Waals surface area contributed by atoms with Crippen LogP contribution in [0.3, 0.4) is 0 Å². The fourth-order valence-electron chi connectivity index (χ4n) is 5.75. The van der Waals surface area contributed by atoms with Crippen molar-refractivity contribution in [1.82, 2.24) is 0 Å². The maximum absolute atomic E-state index is 13.6. The molecule has 0 spiro atoms. The second kappa shape index (κ2) is 9.66. The Bertz CT molecular complexity index is 1380. The molecule has 1 fully saturated rings. The van der Waals surface area contributed by atoms with Gasteiger partial charge < -0.3 is 45.5 Å². The minimum absolute atomic E-state index is 0.0173. The van der Waals surface area contributed by atoms with E-state index in [1.54, 1.807) is 6.92 Å². The first kappa shape index (κ1) is 27.2. The zero-order valence-corrected chi connectivity index (χ0v) is 21.2. The smallest absolute Gasteiger partial charge is 0.202 e. The highest BCUT2D eigenvalue weighted by molar-refractivity contribution is 6.31. The van der Waals surface area contributed by atoms with Gasteiger partial charge in [0.2, 0.25) is 5.78 Å². The zero-order valence-electron chi connectivity index (χ0n) is 21.2. The Morgan fingerprint density at radius 2 is 1.85 bits per heavy atom. The van der Waals surface area contributed by atoms with Crippen LogP contribution in [0.1, 0.15) is 68.8 Å². The second-order valence-electron chi connectivity index (χ2n) is 10.2. The number of carbonyl (C=O) groups is 3. The van der Waals surface area contributed by atoms with E-state index in [2.05, 4.69) is 0 Å². The summed E-state index contributed by atoms with van der Waals surface area (Å²) in [6.45, 7) is 0.560. The van der Waals surface area contributed by atoms with E-state index in [9.17, 15) is 39.9 Å². The third-order valence-electron chi connectivity index (χ3n) is 7.81. The van der Waals surface area contributed by atoms with Crippen molar-refractivity contribution in [3.63, 3.8) is 0 Å². The van der Waals surface area contributed by atoms with Crippen molar-refractivity contribution in [2.24, 2.45) is 5.73 Å². The number of rotatable bonds is 5. The summed E-state index contributed by atoms with van der Waals surface area (Å²) in [6, 6.07) is 3.64. The van der Waals surface area contributed by atoms with Crippen molar-refractivity contribution >= 4 is 17.3 Å². The summed E-state index contributed by atoms with van der Waals surface area (Å²) in [5.41, 5.74) is 2.37. The largest absolute Gasteiger partial charge is 0.507 e. The summed E-state index contributed by atoms with van der Waals surface area (Å²) in [6.07, 6.45) is -5.12. The number of aromatic hydroxyl groups is 2. The first-order chi connectivity index (χ1) is 18.4. The summed E-state index contributed by atoms with van der Waals surface area (Å²) < 4.78 is 17.0. The summed E-state index contributed by atoms with van der Waals surface area (Å²) in [5.74, 6) is -3.77. The van der Waals surface area contributed by atoms with Gasteiger partial charge in [-0.15, -0.1) is 0 Å². The van der Waals surface area contributed by atoms with Gasteiger partial charge in [-0.25, -0.2) is 0 Å². The number of benzene rings is 2. The van der Waals surface area contributed by atoms with Crippen LogP contribution in [0.15, 0.2) is 18.2 Å². The first-order valence-corrected chi connectivity index (χ1v) is 12.4. The summed E-state index contributed by atoms with van der Waals surface area (Å²) >= 11 is 0. The van der Waals surface area contributed by atoms with Gasteiger partial charge in [0.15, 0.2) is 17.9 Å². The van der Waals surface area contributed by atoms with Crippen LogP contribution in [0, 0.1) is 0 Å². The molecule has 12 nitrogen and oxygen atoms in total. The lowest BCUT2D eigenvalue weighted by Gasteiger charge is -2.42. The summed E-state index contributed by atoms with van der Waals surface area (Å²) in [7, 11) is 1.32. The second-order valence-corrected chi connectivity index (χ2v) is 10.2. The van der Waals surface area contributed by atoms with E-state index in [-0.39, 0.29) is 34.4 Å². The Labute approximate surface area is 222 Å². The maximum Gasteiger partial charge on any atom is 0.202 e. The molecule has 0 saturated carbocycles. The van der Waals surface area contributed by atoms with Crippen LogP contribution in [0.5, 0.6) is 17.2 Å². The van der Waals surface area contributed by atoms with Gasteiger partial charge in [-0.05, 0) is 13.0 Å². The first-order valence-electron chi connectivity index (χ1n) is 12.4. The Morgan fingerprint density at radius 3 is 2.49 bits per heavy atom. The summed E-state index contributed by atoms with van der Waals surface area (Å²) in [5, 5.41) is 53.7. The fraction of sp³-hybridized carbons (Fsp3) is 0.444. The van der Waals surface area contributed by atoms with Crippen molar-refractivity contribution in [3.8, 4) is 17.2 Å². The molecule has 2 aliphatic carbocycles. The number of fused-ring (bicyclic) bond motifs is 3. The normalized spacial score (nSPS) is 29.8. The molecule has 1 heterocycles. The van der Waals surface area contributed by atoms with Crippen LogP contribution in [0.4, 0.5) is 0 Å². The molecule has 5 rings (SSSR count). The molecule has 7 N–H and O–H groups in total. The average Bonchev–Trinajstić information content (AvgIpc) is 2.90. The number of carbonyl (C=O) groups excluding carboxylic acids is 3. The fourth-order valence-corrected chi connectivity index (χ4v) is 5.75. The maximum atomic E-state index is 13.6. The molecule has 0 bridgehead atoms. The number of phenols is 2. The highest BCUT2D eigenvalue weighted by Crippen LogP contribution is 2.52. The molecule has 0 amide bonds. The minimum atomic E-state index is -2.24. The lowest BCUT2D eigenvalue weighted by atomic mass is 9.72. The van der Waals surface area contributed by atoms with Gasteiger partial charge in [-0.3, -0.25) is 14.4 Å². The number of ether oxygens (including phenoxy) is 3. The van der Waals surface area contributed by atoms with Gasteiger partial charge >= 0.3 is 0 Å². The van der Waals surface area contributed by atoms with Crippen molar-refractivity contribution in [2.75, 3.05) is 13.7 Å². The molecule has 0 radical (unpaired) electrons. The van der Waals surface area contributed by atoms with Crippen LogP contribution in [-0.4, -0.2) is 86.7 Å². The van der Waals surface area contributed by atoms with E-state index in [0.717, 1.165) is 0 Å². The van der Waals surface area contributed by atoms with Crippen LogP contribution in [0.2, 0.25) is 0 Å². The van der Waals surface area contributed by atoms with Crippen molar-refractivity contribution in [3.05, 3.63) is 51.6 Å². The molecule has 1 aliphatic heterocycles. The van der Waals surface area contributed by atoms with Gasteiger partial charge in [0.05, 0.1) is 42.1 Å². The van der Waals surface area contributed by atoms with Gasteiger partial charge in [0.1, 0.15) is 29.5 Å². The van der Waals surface area contributed by atoms with E-state index in [1.807, 2.05) is 0 Å². The molecule has 0 aromatic heterocycles. The highest BCUT2D eigenvalue weighted by Gasteiger charge is 2.50. The van der Waals surface area contributed by atoms with Crippen molar-refractivity contribution in [2.45, 2.75) is 62.4 Å². The van der Waals surface area contributed by atoms with Crippen LogP contribution in [-0.2, 0) is 20.7 Å². The van der Waals surface area contributed by atoms with E-state index >= 15 is 0 Å². The molecule has 2 aromatic rings. The predicted octanol–water partition coefficient (Wildman–Crippen LogP) is 0.00130.